The third-order valence-corrected chi connectivity index (χ3v) is 6.90. The molecule has 8 nitrogen and oxygen atoms in total. The summed E-state index contributed by atoms with van der Waals surface area (Å²) in [5.74, 6) is -0.635. The first-order valence-electron chi connectivity index (χ1n) is 13.5. The zero-order valence-corrected chi connectivity index (χ0v) is 22.8. The number of pyridine rings is 1. The van der Waals surface area contributed by atoms with Gasteiger partial charge in [0.05, 0.1) is 41.6 Å². The Morgan fingerprint density at radius 3 is 2.46 bits per heavy atom. The molecule has 0 atom stereocenters. The summed E-state index contributed by atoms with van der Waals surface area (Å²) >= 11 is 0. The maximum Gasteiger partial charge on any atom is 0.340 e. The molecule has 1 amide bonds. The van der Waals surface area contributed by atoms with Crippen LogP contribution in [0.4, 0.5) is 4.39 Å². The van der Waals surface area contributed by atoms with Gasteiger partial charge in [0.15, 0.2) is 5.88 Å². The number of furan rings is 1. The molecular formula is C32H30FN3O5. The van der Waals surface area contributed by atoms with Crippen LogP contribution < -0.4 is 5.32 Å². The lowest BCUT2D eigenvalue weighted by molar-refractivity contribution is 0.0525. The Bertz CT molecular complexity index is 1670. The molecule has 0 bridgehead atoms. The number of fused-ring (bicyclic) bond motifs is 1. The molecule has 0 fully saturated rings. The van der Waals surface area contributed by atoms with Crippen LogP contribution in [0.15, 0.2) is 71.3 Å². The number of benzene rings is 2. The number of hydrogen-bond donors (Lipinski definition) is 3. The van der Waals surface area contributed by atoms with E-state index < -0.39 is 5.97 Å². The van der Waals surface area contributed by atoms with Gasteiger partial charge in [0.25, 0.3) is 5.91 Å². The minimum Gasteiger partial charge on any atom is -0.494 e. The Kier molecular flexibility index (Phi) is 8.14. The van der Waals surface area contributed by atoms with E-state index in [1.54, 1.807) is 61.7 Å². The highest BCUT2D eigenvalue weighted by Gasteiger charge is 2.27. The van der Waals surface area contributed by atoms with Gasteiger partial charge in [-0.25, -0.2) is 14.2 Å². The van der Waals surface area contributed by atoms with E-state index >= 15 is 0 Å². The maximum absolute atomic E-state index is 13.5. The second-order valence-electron chi connectivity index (χ2n) is 9.52. The largest absolute Gasteiger partial charge is 0.494 e. The quantitative estimate of drug-likeness (QED) is 0.179. The zero-order valence-electron chi connectivity index (χ0n) is 22.8. The van der Waals surface area contributed by atoms with Crippen LogP contribution in [0.25, 0.3) is 22.0 Å². The van der Waals surface area contributed by atoms with Crippen molar-refractivity contribution >= 4 is 22.8 Å². The smallest absolute Gasteiger partial charge is 0.340 e. The number of amides is 1. The molecule has 3 aromatic heterocycles. The van der Waals surface area contributed by atoms with Crippen LogP contribution in [0.5, 0.6) is 5.88 Å². The summed E-state index contributed by atoms with van der Waals surface area (Å²) in [5, 5.41) is 14.2. The standard InChI is InChI=1S/C32H30FN3O5/c1-3-24-29-28(31(38)36-24)26(20-10-12-21(13-11-20)30(37)34-18-23-6-5-17-41-23)27(32(39)40-4-2)25(35-29)16-9-19-7-14-22(33)15-8-19/h5-8,10-15,17,36,38H,3-4,9,16,18H2,1-2H3,(H,34,37). The fourth-order valence-corrected chi connectivity index (χ4v) is 4.88. The average Bonchev–Trinajstić information content (AvgIpc) is 3.62. The lowest BCUT2D eigenvalue weighted by Gasteiger charge is -2.16. The van der Waals surface area contributed by atoms with Crippen LogP contribution >= 0.6 is 0 Å². The molecule has 0 saturated carbocycles. The summed E-state index contributed by atoms with van der Waals surface area (Å²) in [7, 11) is 0. The van der Waals surface area contributed by atoms with E-state index in [4.69, 9.17) is 14.1 Å². The molecule has 0 radical (unpaired) electrons. The Balaban J connectivity index is 1.59. The SMILES string of the molecule is CCOC(=O)c1c(CCc2ccc(F)cc2)nc2c(CC)[nH]c(O)c2c1-c1ccc(C(=O)NCc2ccco2)cc1. The molecule has 9 heteroatoms. The number of aromatic nitrogens is 2. The number of ether oxygens (including phenoxy) is 1. The monoisotopic (exact) mass is 555 g/mol. The topological polar surface area (TPSA) is 117 Å². The van der Waals surface area contributed by atoms with Gasteiger partial charge in [-0.05, 0) is 73.7 Å². The highest BCUT2D eigenvalue weighted by Crippen LogP contribution is 2.40. The van der Waals surface area contributed by atoms with Crippen LogP contribution in [-0.4, -0.2) is 33.6 Å². The lowest BCUT2D eigenvalue weighted by atomic mass is 9.92. The number of rotatable bonds is 10. The van der Waals surface area contributed by atoms with Crippen molar-refractivity contribution in [3.63, 3.8) is 0 Å². The molecule has 5 rings (SSSR count). The van der Waals surface area contributed by atoms with Crippen molar-refractivity contribution in [1.29, 1.82) is 0 Å². The Hall–Kier alpha value is -4.92. The van der Waals surface area contributed by atoms with Crippen molar-refractivity contribution in [2.75, 3.05) is 6.61 Å². The molecule has 3 heterocycles. The molecule has 0 aliphatic heterocycles. The van der Waals surface area contributed by atoms with E-state index in [1.807, 2.05) is 6.92 Å². The van der Waals surface area contributed by atoms with Gasteiger partial charge in [0.2, 0.25) is 0 Å². The van der Waals surface area contributed by atoms with Crippen molar-refractivity contribution in [2.24, 2.45) is 0 Å². The maximum atomic E-state index is 13.5. The van der Waals surface area contributed by atoms with E-state index in [1.165, 1.54) is 12.1 Å². The second kappa shape index (κ2) is 12.1. The fraction of sp³-hybridized carbons (Fsp3) is 0.219. The second-order valence-corrected chi connectivity index (χ2v) is 9.52. The van der Waals surface area contributed by atoms with Crippen molar-refractivity contribution in [3.8, 4) is 17.0 Å². The number of aromatic hydroxyl groups is 1. The molecule has 210 valence electrons. The Morgan fingerprint density at radius 1 is 1.05 bits per heavy atom. The predicted molar refractivity (Wildman–Crippen MR) is 152 cm³/mol. The highest BCUT2D eigenvalue weighted by atomic mass is 19.1. The number of H-pyrrole nitrogens is 1. The number of carbonyl (C=O) groups is 2. The third-order valence-electron chi connectivity index (χ3n) is 6.90. The molecule has 0 saturated heterocycles. The molecule has 0 spiro atoms. The van der Waals surface area contributed by atoms with E-state index in [0.717, 1.165) is 11.3 Å². The van der Waals surface area contributed by atoms with Gasteiger partial charge in [-0.1, -0.05) is 31.2 Å². The summed E-state index contributed by atoms with van der Waals surface area (Å²) < 4.78 is 24.2. The highest BCUT2D eigenvalue weighted by molar-refractivity contribution is 6.10. The van der Waals surface area contributed by atoms with E-state index in [0.29, 0.717) is 58.3 Å². The van der Waals surface area contributed by atoms with Gasteiger partial charge in [0.1, 0.15) is 11.6 Å². The number of nitrogens with zero attached hydrogens (tertiary/aromatic N) is 1. The number of esters is 1. The summed E-state index contributed by atoms with van der Waals surface area (Å²) in [4.78, 5) is 34.0. The van der Waals surface area contributed by atoms with Crippen LogP contribution in [-0.2, 0) is 30.5 Å². The van der Waals surface area contributed by atoms with Crippen molar-refractivity contribution in [1.82, 2.24) is 15.3 Å². The normalized spacial score (nSPS) is 11.1. The summed E-state index contributed by atoms with van der Waals surface area (Å²) in [5.41, 5.74) is 4.43. The molecule has 0 unspecified atom stereocenters. The number of aromatic amines is 1. The Labute approximate surface area is 236 Å². The first kappa shape index (κ1) is 27.6. The molecule has 5 aromatic rings. The van der Waals surface area contributed by atoms with Crippen LogP contribution in [0.3, 0.4) is 0 Å². The van der Waals surface area contributed by atoms with Crippen LogP contribution in [0.1, 0.15) is 57.3 Å². The van der Waals surface area contributed by atoms with E-state index in [9.17, 15) is 19.1 Å². The zero-order chi connectivity index (χ0) is 28.9. The van der Waals surface area contributed by atoms with Gasteiger partial charge in [-0.3, -0.25) is 4.79 Å². The van der Waals surface area contributed by atoms with Crippen molar-refractivity contribution in [3.05, 3.63) is 107 Å². The number of aryl methyl sites for hydroxylation is 3. The minimum absolute atomic E-state index is 0.102. The summed E-state index contributed by atoms with van der Waals surface area (Å²) in [6.07, 6.45) is 3.01. The lowest BCUT2D eigenvalue weighted by Crippen LogP contribution is -2.22. The average molecular weight is 556 g/mol. The minimum atomic E-state index is -0.565. The number of carbonyl (C=O) groups excluding carboxylic acids is 2. The third kappa shape index (κ3) is 5.84. The van der Waals surface area contributed by atoms with Crippen LogP contribution in [0, 0.1) is 5.82 Å². The fourth-order valence-electron chi connectivity index (χ4n) is 4.88. The first-order valence-corrected chi connectivity index (χ1v) is 13.5. The van der Waals surface area contributed by atoms with Gasteiger partial charge < -0.3 is 24.6 Å². The molecule has 0 aliphatic rings. The van der Waals surface area contributed by atoms with Crippen LogP contribution in [0.2, 0.25) is 0 Å². The molecule has 2 aromatic carbocycles. The van der Waals surface area contributed by atoms with Gasteiger partial charge >= 0.3 is 5.97 Å². The van der Waals surface area contributed by atoms with Gasteiger partial charge in [-0.2, -0.15) is 0 Å². The van der Waals surface area contributed by atoms with Crippen molar-refractivity contribution < 1.29 is 28.2 Å². The predicted octanol–water partition coefficient (Wildman–Crippen LogP) is 6.12. The number of hydrogen-bond acceptors (Lipinski definition) is 6. The summed E-state index contributed by atoms with van der Waals surface area (Å²) in [6.45, 7) is 4.07. The molecular weight excluding hydrogens is 525 g/mol. The number of halogens is 1. The first-order chi connectivity index (χ1) is 19.9. The summed E-state index contributed by atoms with van der Waals surface area (Å²) in [6, 6.07) is 16.5. The van der Waals surface area contributed by atoms with E-state index in [2.05, 4.69) is 10.3 Å². The van der Waals surface area contributed by atoms with Crippen molar-refractivity contribution in [2.45, 2.75) is 39.7 Å². The molecule has 41 heavy (non-hydrogen) atoms. The number of nitrogens with one attached hydrogen (secondary N) is 2. The Morgan fingerprint density at radius 2 is 1.80 bits per heavy atom. The molecule has 3 N–H and O–H groups in total. The molecule has 0 aliphatic carbocycles. The van der Waals surface area contributed by atoms with Gasteiger partial charge in [-0.15, -0.1) is 0 Å². The van der Waals surface area contributed by atoms with E-state index in [-0.39, 0.29) is 36.3 Å². The van der Waals surface area contributed by atoms with Gasteiger partial charge in [0, 0.05) is 16.8 Å².